The maximum Gasteiger partial charge on any atom is 0.0480 e. The molecule has 0 N–H and O–H groups in total. The van der Waals surface area contributed by atoms with E-state index in [4.69, 9.17) is 34.8 Å². The molecule has 0 radical (unpaired) electrons. The fourth-order valence-electron chi connectivity index (χ4n) is 2.89. The van der Waals surface area contributed by atoms with Crippen molar-refractivity contribution in [2.24, 2.45) is 0 Å². The van der Waals surface area contributed by atoms with E-state index in [-0.39, 0.29) is 0 Å². The Morgan fingerprint density at radius 3 is 2.62 bits per heavy atom. The maximum absolute atomic E-state index is 6.33. The van der Waals surface area contributed by atoms with Crippen LogP contribution in [0.3, 0.4) is 0 Å². The standard InChI is InChI=1S/C16H16Cl3NS/c1-2-12-7-16-10(3-4-21-16)8-20(12)9-13-14(18)5-11(17)6-15(13)19/h3-6,12H,2,7-9H2,1H3. The number of benzene rings is 1. The molecule has 2 heterocycles. The van der Waals surface area contributed by atoms with Crippen LogP contribution in [0.15, 0.2) is 23.6 Å². The smallest absolute Gasteiger partial charge is 0.0480 e. The maximum atomic E-state index is 6.33. The molecule has 0 saturated carbocycles. The van der Waals surface area contributed by atoms with Crippen molar-refractivity contribution in [2.75, 3.05) is 0 Å². The Morgan fingerprint density at radius 2 is 1.95 bits per heavy atom. The summed E-state index contributed by atoms with van der Waals surface area (Å²) in [4.78, 5) is 3.99. The van der Waals surface area contributed by atoms with Crippen molar-refractivity contribution < 1.29 is 0 Å². The minimum Gasteiger partial charge on any atom is -0.291 e. The van der Waals surface area contributed by atoms with Gasteiger partial charge in [-0.05, 0) is 42.0 Å². The monoisotopic (exact) mass is 359 g/mol. The zero-order valence-electron chi connectivity index (χ0n) is 11.7. The summed E-state index contributed by atoms with van der Waals surface area (Å²) in [5.41, 5.74) is 2.41. The highest BCUT2D eigenvalue weighted by atomic mass is 35.5. The lowest BCUT2D eigenvalue weighted by Crippen LogP contribution is -2.38. The van der Waals surface area contributed by atoms with Crippen molar-refractivity contribution >= 4 is 46.1 Å². The molecule has 3 rings (SSSR count). The molecule has 0 spiro atoms. The molecule has 0 saturated heterocycles. The van der Waals surface area contributed by atoms with Gasteiger partial charge in [-0.1, -0.05) is 41.7 Å². The van der Waals surface area contributed by atoms with E-state index in [0.717, 1.165) is 31.5 Å². The lowest BCUT2D eigenvalue weighted by Gasteiger charge is -2.35. The second kappa shape index (κ2) is 6.47. The molecule has 1 atom stereocenters. The van der Waals surface area contributed by atoms with E-state index in [1.54, 1.807) is 12.1 Å². The predicted molar refractivity (Wildman–Crippen MR) is 92.8 cm³/mol. The molecule has 1 aromatic heterocycles. The number of nitrogens with zero attached hydrogens (tertiary/aromatic N) is 1. The van der Waals surface area contributed by atoms with Gasteiger partial charge in [0.05, 0.1) is 0 Å². The molecule has 0 amide bonds. The summed E-state index contributed by atoms with van der Waals surface area (Å²) in [6, 6.07) is 6.31. The molecule has 0 fully saturated rings. The van der Waals surface area contributed by atoms with E-state index >= 15 is 0 Å². The van der Waals surface area contributed by atoms with Crippen LogP contribution in [0.4, 0.5) is 0 Å². The summed E-state index contributed by atoms with van der Waals surface area (Å²) in [7, 11) is 0. The quantitative estimate of drug-likeness (QED) is 0.644. The van der Waals surface area contributed by atoms with E-state index in [9.17, 15) is 0 Å². The first kappa shape index (κ1) is 15.6. The minimum absolute atomic E-state index is 0.541. The van der Waals surface area contributed by atoms with Crippen LogP contribution in [0.25, 0.3) is 0 Å². The summed E-state index contributed by atoms with van der Waals surface area (Å²) in [6.07, 6.45) is 2.24. The summed E-state index contributed by atoms with van der Waals surface area (Å²) in [5.74, 6) is 0. The first-order chi connectivity index (χ1) is 10.1. The highest BCUT2D eigenvalue weighted by Crippen LogP contribution is 2.34. The Balaban J connectivity index is 1.87. The van der Waals surface area contributed by atoms with Gasteiger partial charge < -0.3 is 0 Å². The number of halogens is 3. The fourth-order valence-corrected chi connectivity index (χ4v) is 4.80. The van der Waals surface area contributed by atoms with Crippen molar-refractivity contribution in [3.8, 4) is 0 Å². The van der Waals surface area contributed by atoms with Gasteiger partial charge in [0.25, 0.3) is 0 Å². The molecule has 5 heteroatoms. The molecule has 1 aromatic carbocycles. The van der Waals surface area contributed by atoms with E-state index in [1.165, 1.54) is 10.4 Å². The van der Waals surface area contributed by atoms with Gasteiger partial charge in [-0.2, -0.15) is 0 Å². The van der Waals surface area contributed by atoms with Crippen LogP contribution in [0.2, 0.25) is 15.1 Å². The first-order valence-electron chi connectivity index (χ1n) is 7.01. The summed E-state index contributed by atoms with van der Waals surface area (Å²) in [6.45, 7) is 3.97. The van der Waals surface area contributed by atoms with Crippen molar-refractivity contribution in [3.05, 3.63) is 54.7 Å². The van der Waals surface area contributed by atoms with E-state index in [1.807, 2.05) is 11.3 Å². The van der Waals surface area contributed by atoms with Gasteiger partial charge in [0.1, 0.15) is 0 Å². The average molecular weight is 361 g/mol. The topological polar surface area (TPSA) is 3.24 Å². The molecular formula is C16H16Cl3NS. The molecule has 2 aromatic rings. The van der Waals surface area contributed by atoms with Crippen LogP contribution in [0, 0.1) is 0 Å². The van der Waals surface area contributed by atoms with Gasteiger partial charge in [0.15, 0.2) is 0 Å². The van der Waals surface area contributed by atoms with Gasteiger partial charge in [0.2, 0.25) is 0 Å². The molecule has 0 bridgehead atoms. The number of rotatable bonds is 3. The molecule has 1 aliphatic heterocycles. The van der Waals surface area contributed by atoms with Crippen LogP contribution in [0.5, 0.6) is 0 Å². The molecule has 1 aliphatic rings. The second-order valence-corrected chi connectivity index (χ2v) is 7.64. The lowest BCUT2D eigenvalue weighted by molar-refractivity contribution is 0.160. The number of hydrogen-bond donors (Lipinski definition) is 0. The van der Waals surface area contributed by atoms with Crippen LogP contribution in [-0.4, -0.2) is 10.9 Å². The zero-order valence-corrected chi connectivity index (χ0v) is 14.8. The number of fused-ring (bicyclic) bond motifs is 1. The SMILES string of the molecule is CCC1Cc2sccc2CN1Cc1c(Cl)cc(Cl)cc1Cl. The molecule has 1 unspecified atom stereocenters. The van der Waals surface area contributed by atoms with Crippen molar-refractivity contribution in [1.82, 2.24) is 4.90 Å². The van der Waals surface area contributed by atoms with Gasteiger partial charge in [0, 0.05) is 44.6 Å². The average Bonchev–Trinajstić information content (AvgIpc) is 2.88. The minimum atomic E-state index is 0.541. The van der Waals surface area contributed by atoms with Crippen molar-refractivity contribution in [2.45, 2.75) is 38.9 Å². The van der Waals surface area contributed by atoms with Crippen LogP contribution < -0.4 is 0 Å². The predicted octanol–water partition coefficient (Wildman–Crippen LogP) is 6.05. The summed E-state index contributed by atoms with van der Waals surface area (Å²) < 4.78 is 0. The normalized spacial score (nSPS) is 18.8. The van der Waals surface area contributed by atoms with Gasteiger partial charge in [-0.3, -0.25) is 4.90 Å². The molecular weight excluding hydrogens is 345 g/mol. The van der Waals surface area contributed by atoms with Crippen molar-refractivity contribution in [3.63, 3.8) is 0 Å². The van der Waals surface area contributed by atoms with Crippen LogP contribution in [0.1, 0.15) is 29.3 Å². The van der Waals surface area contributed by atoms with E-state index in [0.29, 0.717) is 21.1 Å². The Bertz CT molecular complexity index is 630. The number of thiophene rings is 1. The van der Waals surface area contributed by atoms with Crippen molar-refractivity contribution in [1.29, 1.82) is 0 Å². The highest BCUT2D eigenvalue weighted by molar-refractivity contribution is 7.10. The zero-order chi connectivity index (χ0) is 15.0. The van der Waals surface area contributed by atoms with Crippen LogP contribution in [-0.2, 0) is 19.5 Å². The van der Waals surface area contributed by atoms with Crippen LogP contribution >= 0.6 is 46.1 Å². The molecule has 112 valence electrons. The van der Waals surface area contributed by atoms with Gasteiger partial charge >= 0.3 is 0 Å². The van der Waals surface area contributed by atoms with E-state index in [2.05, 4.69) is 23.3 Å². The fraction of sp³-hybridized carbons (Fsp3) is 0.375. The lowest BCUT2D eigenvalue weighted by atomic mass is 9.99. The highest BCUT2D eigenvalue weighted by Gasteiger charge is 2.26. The summed E-state index contributed by atoms with van der Waals surface area (Å²) in [5, 5.41) is 4.07. The number of hydrogen-bond acceptors (Lipinski definition) is 2. The first-order valence-corrected chi connectivity index (χ1v) is 9.02. The Morgan fingerprint density at radius 1 is 1.24 bits per heavy atom. The molecule has 0 aliphatic carbocycles. The third-order valence-corrected chi connectivity index (χ3v) is 5.97. The third-order valence-electron chi connectivity index (χ3n) is 4.09. The van der Waals surface area contributed by atoms with Gasteiger partial charge in [-0.25, -0.2) is 0 Å². The molecule has 21 heavy (non-hydrogen) atoms. The third kappa shape index (κ3) is 3.25. The molecule has 1 nitrogen and oxygen atoms in total. The Hall–Kier alpha value is -0.250. The largest absolute Gasteiger partial charge is 0.291 e. The van der Waals surface area contributed by atoms with E-state index < -0.39 is 0 Å². The summed E-state index contributed by atoms with van der Waals surface area (Å²) >= 11 is 20.5. The van der Waals surface area contributed by atoms with Gasteiger partial charge in [-0.15, -0.1) is 11.3 Å². The Kier molecular flexibility index (Phi) is 4.82. The Labute approximate surface area is 144 Å². The second-order valence-electron chi connectivity index (χ2n) is 5.39.